The lowest BCUT2D eigenvalue weighted by Crippen LogP contribution is -2.19. The molecule has 1 aliphatic rings. The first-order chi connectivity index (χ1) is 8.81. The molecule has 1 aliphatic heterocycles. The van der Waals surface area contributed by atoms with Crippen LogP contribution < -0.4 is 0 Å². The van der Waals surface area contributed by atoms with Crippen LogP contribution in [-0.2, 0) is 6.54 Å². The molecule has 1 saturated heterocycles. The average Bonchev–Trinajstić information content (AvgIpc) is 3.02. The Morgan fingerprint density at radius 3 is 2.78 bits per heavy atom. The zero-order valence-electron chi connectivity index (χ0n) is 10.2. The van der Waals surface area contributed by atoms with Crippen LogP contribution in [-0.4, -0.2) is 18.0 Å². The fourth-order valence-electron chi connectivity index (χ4n) is 2.60. The van der Waals surface area contributed by atoms with Gasteiger partial charge in [0.2, 0.25) is 0 Å². The Morgan fingerprint density at radius 1 is 1.22 bits per heavy atom. The van der Waals surface area contributed by atoms with Crippen molar-refractivity contribution in [1.82, 2.24) is 4.90 Å². The van der Waals surface area contributed by atoms with Crippen molar-refractivity contribution in [1.29, 1.82) is 0 Å². The Balaban J connectivity index is 1.61. The number of nitrogens with zero attached hydrogens (tertiary/aromatic N) is 1. The topological polar surface area (TPSA) is 3.24 Å². The Bertz CT molecular complexity index is 492. The third-order valence-electron chi connectivity index (χ3n) is 3.61. The van der Waals surface area contributed by atoms with Gasteiger partial charge in [-0.05, 0) is 59.0 Å². The number of thiophene rings is 1. The highest BCUT2D eigenvalue weighted by molar-refractivity contribution is 7.07. The molecule has 0 radical (unpaired) electrons. The van der Waals surface area contributed by atoms with Crippen LogP contribution in [0.2, 0.25) is 5.02 Å². The van der Waals surface area contributed by atoms with Gasteiger partial charge < -0.3 is 0 Å². The minimum atomic E-state index is 0.726. The Kier molecular flexibility index (Phi) is 3.69. The van der Waals surface area contributed by atoms with Crippen molar-refractivity contribution in [2.24, 2.45) is 0 Å². The summed E-state index contributed by atoms with van der Waals surface area (Å²) in [6, 6.07) is 10.5. The number of rotatable bonds is 3. The van der Waals surface area contributed by atoms with E-state index in [0.29, 0.717) is 0 Å². The second kappa shape index (κ2) is 5.43. The SMILES string of the molecule is Clc1ccc(CN2CC[C@@H](c3ccsc3)C2)cc1. The highest BCUT2D eigenvalue weighted by Gasteiger charge is 2.23. The maximum Gasteiger partial charge on any atom is 0.0406 e. The van der Waals surface area contributed by atoms with E-state index in [4.69, 9.17) is 11.6 Å². The van der Waals surface area contributed by atoms with Crippen LogP contribution in [0.15, 0.2) is 41.1 Å². The molecular formula is C15H16ClNS. The molecule has 0 saturated carbocycles. The molecule has 1 fully saturated rings. The van der Waals surface area contributed by atoms with E-state index in [1.807, 2.05) is 12.1 Å². The molecule has 0 aliphatic carbocycles. The van der Waals surface area contributed by atoms with E-state index < -0.39 is 0 Å². The van der Waals surface area contributed by atoms with Gasteiger partial charge in [-0.25, -0.2) is 0 Å². The van der Waals surface area contributed by atoms with Gasteiger partial charge in [-0.1, -0.05) is 23.7 Å². The summed E-state index contributed by atoms with van der Waals surface area (Å²) in [6.07, 6.45) is 1.28. The van der Waals surface area contributed by atoms with Crippen molar-refractivity contribution in [3.05, 3.63) is 57.2 Å². The van der Waals surface area contributed by atoms with Crippen LogP contribution in [0.25, 0.3) is 0 Å². The average molecular weight is 278 g/mol. The highest BCUT2D eigenvalue weighted by Crippen LogP contribution is 2.29. The van der Waals surface area contributed by atoms with E-state index in [1.165, 1.54) is 30.6 Å². The van der Waals surface area contributed by atoms with E-state index in [2.05, 4.69) is 33.9 Å². The van der Waals surface area contributed by atoms with Gasteiger partial charge in [-0.2, -0.15) is 11.3 Å². The molecule has 2 heterocycles. The fraction of sp³-hybridized carbons (Fsp3) is 0.333. The van der Waals surface area contributed by atoms with Gasteiger partial charge in [-0.3, -0.25) is 4.90 Å². The quantitative estimate of drug-likeness (QED) is 0.804. The summed E-state index contributed by atoms with van der Waals surface area (Å²) < 4.78 is 0. The first-order valence-electron chi connectivity index (χ1n) is 6.30. The molecule has 3 heteroatoms. The van der Waals surface area contributed by atoms with Crippen molar-refractivity contribution in [2.75, 3.05) is 13.1 Å². The number of hydrogen-bond donors (Lipinski definition) is 0. The third-order valence-corrected chi connectivity index (χ3v) is 4.56. The molecule has 3 rings (SSSR count). The molecule has 1 nitrogen and oxygen atoms in total. The van der Waals surface area contributed by atoms with Crippen LogP contribution in [0.4, 0.5) is 0 Å². The van der Waals surface area contributed by atoms with Gasteiger partial charge in [0.15, 0.2) is 0 Å². The van der Waals surface area contributed by atoms with E-state index in [0.717, 1.165) is 17.5 Å². The highest BCUT2D eigenvalue weighted by atomic mass is 35.5. The summed E-state index contributed by atoms with van der Waals surface area (Å²) in [7, 11) is 0. The normalized spacial score (nSPS) is 20.4. The largest absolute Gasteiger partial charge is 0.298 e. The number of likely N-dealkylation sites (tertiary alicyclic amines) is 1. The minimum absolute atomic E-state index is 0.726. The van der Waals surface area contributed by atoms with Crippen LogP contribution in [0.3, 0.4) is 0 Å². The van der Waals surface area contributed by atoms with Gasteiger partial charge in [0.25, 0.3) is 0 Å². The predicted molar refractivity (Wildman–Crippen MR) is 78.4 cm³/mol. The van der Waals surface area contributed by atoms with Gasteiger partial charge in [0.05, 0.1) is 0 Å². The van der Waals surface area contributed by atoms with Crippen LogP contribution in [0.5, 0.6) is 0 Å². The van der Waals surface area contributed by atoms with Crippen molar-refractivity contribution < 1.29 is 0 Å². The summed E-state index contributed by atoms with van der Waals surface area (Å²) in [4.78, 5) is 2.53. The summed E-state index contributed by atoms with van der Waals surface area (Å²) >= 11 is 7.71. The molecule has 0 bridgehead atoms. The molecule has 0 N–H and O–H groups in total. The molecule has 2 aromatic rings. The summed E-state index contributed by atoms with van der Waals surface area (Å²) in [5.74, 6) is 0.726. The zero-order valence-corrected chi connectivity index (χ0v) is 11.8. The molecule has 0 unspecified atom stereocenters. The number of benzene rings is 1. The number of halogens is 1. The molecule has 1 aromatic heterocycles. The monoisotopic (exact) mass is 277 g/mol. The van der Waals surface area contributed by atoms with Gasteiger partial charge in [-0.15, -0.1) is 0 Å². The smallest absolute Gasteiger partial charge is 0.0406 e. The van der Waals surface area contributed by atoms with Gasteiger partial charge >= 0.3 is 0 Å². The molecule has 1 aromatic carbocycles. The van der Waals surface area contributed by atoms with E-state index >= 15 is 0 Å². The Hall–Kier alpha value is -0.830. The molecular weight excluding hydrogens is 262 g/mol. The summed E-state index contributed by atoms with van der Waals surface area (Å²) in [5, 5.41) is 5.28. The van der Waals surface area contributed by atoms with Crippen molar-refractivity contribution in [3.8, 4) is 0 Å². The summed E-state index contributed by atoms with van der Waals surface area (Å²) in [5.41, 5.74) is 2.86. The molecule has 18 heavy (non-hydrogen) atoms. The minimum Gasteiger partial charge on any atom is -0.298 e. The van der Waals surface area contributed by atoms with E-state index in [-0.39, 0.29) is 0 Å². The van der Waals surface area contributed by atoms with Crippen molar-refractivity contribution in [3.63, 3.8) is 0 Å². The van der Waals surface area contributed by atoms with Gasteiger partial charge in [0.1, 0.15) is 0 Å². The lowest BCUT2D eigenvalue weighted by molar-refractivity contribution is 0.327. The second-order valence-corrected chi connectivity index (χ2v) is 6.12. The molecule has 94 valence electrons. The summed E-state index contributed by atoms with van der Waals surface area (Å²) in [6.45, 7) is 3.42. The zero-order chi connectivity index (χ0) is 12.4. The number of hydrogen-bond acceptors (Lipinski definition) is 2. The third kappa shape index (κ3) is 2.77. The van der Waals surface area contributed by atoms with Crippen molar-refractivity contribution >= 4 is 22.9 Å². The fourth-order valence-corrected chi connectivity index (χ4v) is 3.47. The molecule has 0 spiro atoms. The Morgan fingerprint density at radius 2 is 2.06 bits per heavy atom. The van der Waals surface area contributed by atoms with Crippen LogP contribution in [0.1, 0.15) is 23.5 Å². The lowest BCUT2D eigenvalue weighted by atomic mass is 10.0. The maximum absolute atomic E-state index is 5.91. The van der Waals surface area contributed by atoms with Gasteiger partial charge in [0, 0.05) is 18.1 Å². The molecule has 0 amide bonds. The molecule has 1 atom stereocenters. The van der Waals surface area contributed by atoms with E-state index in [1.54, 1.807) is 11.3 Å². The Labute approximate surface area is 117 Å². The standard InChI is InChI=1S/C15H16ClNS/c16-15-3-1-12(2-4-15)9-17-7-5-13(10-17)14-6-8-18-11-14/h1-4,6,8,11,13H,5,7,9-10H2/t13-/m1/s1. The second-order valence-electron chi connectivity index (χ2n) is 4.90. The van der Waals surface area contributed by atoms with Crippen molar-refractivity contribution in [2.45, 2.75) is 18.9 Å². The van der Waals surface area contributed by atoms with Crippen LogP contribution >= 0.6 is 22.9 Å². The van der Waals surface area contributed by atoms with Crippen LogP contribution in [0, 0.1) is 0 Å². The van der Waals surface area contributed by atoms with E-state index in [9.17, 15) is 0 Å². The predicted octanol–water partition coefficient (Wildman–Crippen LogP) is 4.39. The first kappa shape index (κ1) is 12.2. The maximum atomic E-state index is 5.91. The first-order valence-corrected chi connectivity index (χ1v) is 7.62. The lowest BCUT2D eigenvalue weighted by Gasteiger charge is -2.15.